The van der Waals surface area contributed by atoms with Crippen LogP contribution in [0.3, 0.4) is 0 Å². The van der Waals surface area contributed by atoms with E-state index < -0.39 is 0 Å². The van der Waals surface area contributed by atoms with Crippen molar-refractivity contribution in [1.82, 2.24) is 29.9 Å². The lowest BCUT2D eigenvalue weighted by Crippen LogP contribution is -2.18. The monoisotopic (exact) mass is 276 g/mol. The van der Waals surface area contributed by atoms with Crippen LogP contribution in [0, 0.1) is 0 Å². The van der Waals surface area contributed by atoms with Crippen molar-refractivity contribution in [3.63, 3.8) is 0 Å². The van der Waals surface area contributed by atoms with Crippen LogP contribution in [0.2, 0.25) is 0 Å². The molecule has 0 saturated heterocycles. The lowest BCUT2D eigenvalue weighted by atomic mass is 10.2. The summed E-state index contributed by atoms with van der Waals surface area (Å²) in [6.07, 6.45) is 6.89. The Morgan fingerprint density at radius 3 is 2.70 bits per heavy atom. The third kappa shape index (κ3) is 3.90. The largest absolute Gasteiger partial charge is 0.311 e. The van der Waals surface area contributed by atoms with Gasteiger partial charge in [-0.2, -0.15) is 10.2 Å². The normalized spacial score (nSPS) is 11.4. The van der Waals surface area contributed by atoms with Crippen molar-refractivity contribution in [3.05, 3.63) is 30.1 Å². The van der Waals surface area contributed by atoms with Gasteiger partial charge >= 0.3 is 0 Å². The molecule has 0 aliphatic carbocycles. The molecule has 1 N–H and O–H groups in total. The first-order chi connectivity index (χ1) is 9.72. The van der Waals surface area contributed by atoms with E-state index >= 15 is 0 Å². The molecular weight excluding hydrogens is 252 g/mol. The summed E-state index contributed by atoms with van der Waals surface area (Å²) in [5.41, 5.74) is 1.09. The molecule has 0 amide bonds. The number of aryl methyl sites for hydroxylation is 1. The Morgan fingerprint density at radius 1 is 1.25 bits per heavy atom. The van der Waals surface area contributed by atoms with E-state index in [1.54, 1.807) is 11.0 Å². The number of nitrogens with one attached hydrogen (secondary N) is 1. The van der Waals surface area contributed by atoms with E-state index in [4.69, 9.17) is 0 Å². The zero-order chi connectivity index (χ0) is 14.4. The molecule has 2 heterocycles. The fourth-order valence-electron chi connectivity index (χ4n) is 2.25. The van der Waals surface area contributed by atoms with Gasteiger partial charge in [0.2, 0.25) is 0 Å². The fraction of sp³-hybridized carbons (Fsp3) is 0.643. The average molecular weight is 276 g/mol. The highest BCUT2D eigenvalue weighted by Crippen LogP contribution is 2.14. The third-order valence-corrected chi connectivity index (χ3v) is 3.46. The van der Waals surface area contributed by atoms with Crippen LogP contribution in [0.4, 0.5) is 0 Å². The summed E-state index contributed by atoms with van der Waals surface area (Å²) in [7, 11) is 1.88. The predicted molar refractivity (Wildman–Crippen MR) is 78.3 cm³/mol. The predicted octanol–water partition coefficient (Wildman–Crippen LogP) is 1.70. The smallest absolute Gasteiger partial charge is 0.151 e. The van der Waals surface area contributed by atoms with Crippen molar-refractivity contribution in [2.24, 2.45) is 7.05 Å². The van der Waals surface area contributed by atoms with Gasteiger partial charge in [-0.3, -0.25) is 9.36 Å². The highest BCUT2D eigenvalue weighted by Gasteiger charge is 2.07. The molecule has 0 aromatic carbocycles. The maximum Gasteiger partial charge on any atom is 0.151 e. The number of hydrogen-bond acceptors (Lipinski definition) is 4. The maximum atomic E-state index is 4.62. The maximum absolute atomic E-state index is 4.62. The summed E-state index contributed by atoms with van der Waals surface area (Å²) in [5, 5.41) is 12.3. The molecule has 0 fully saturated rings. The second-order valence-electron chi connectivity index (χ2n) is 5.02. The van der Waals surface area contributed by atoms with Gasteiger partial charge in [-0.15, -0.1) is 0 Å². The molecule has 0 bridgehead atoms. The Balaban J connectivity index is 1.74. The fourth-order valence-corrected chi connectivity index (χ4v) is 2.25. The molecule has 0 spiro atoms. The summed E-state index contributed by atoms with van der Waals surface area (Å²) >= 11 is 0. The summed E-state index contributed by atoms with van der Waals surface area (Å²) in [6, 6.07) is 2.60. The van der Waals surface area contributed by atoms with Crippen molar-refractivity contribution in [3.8, 4) is 0 Å². The molecule has 0 radical (unpaired) electrons. The molecular formula is C14H24N6. The molecule has 6 heteroatoms. The molecule has 0 unspecified atom stereocenters. The number of rotatable bonds is 8. The second kappa shape index (κ2) is 7.19. The van der Waals surface area contributed by atoms with E-state index in [9.17, 15) is 0 Å². The van der Waals surface area contributed by atoms with Crippen molar-refractivity contribution in [1.29, 1.82) is 0 Å². The first kappa shape index (κ1) is 14.7. The van der Waals surface area contributed by atoms with Crippen LogP contribution < -0.4 is 5.32 Å². The summed E-state index contributed by atoms with van der Waals surface area (Å²) in [5.74, 6) is 0.877. The second-order valence-corrected chi connectivity index (χ2v) is 5.02. The van der Waals surface area contributed by atoms with E-state index in [-0.39, 0.29) is 0 Å². The highest BCUT2D eigenvalue weighted by atomic mass is 15.3. The topological polar surface area (TPSA) is 60.6 Å². The van der Waals surface area contributed by atoms with Crippen LogP contribution >= 0.6 is 0 Å². The van der Waals surface area contributed by atoms with Gasteiger partial charge in [-0.1, -0.05) is 13.8 Å². The summed E-state index contributed by atoms with van der Waals surface area (Å²) in [6.45, 7) is 6.06. The van der Waals surface area contributed by atoms with Crippen LogP contribution in [0.1, 0.15) is 44.2 Å². The summed E-state index contributed by atoms with van der Waals surface area (Å²) in [4.78, 5) is 4.20. The molecule has 0 atom stereocenters. The van der Waals surface area contributed by atoms with Crippen LogP contribution in [0.5, 0.6) is 0 Å². The lowest BCUT2D eigenvalue weighted by Gasteiger charge is -2.12. The minimum Gasteiger partial charge on any atom is -0.311 e. The Morgan fingerprint density at radius 2 is 2.05 bits per heavy atom. The standard InChI is InChI=1S/C14H24N6/c1-4-13(5-2)20-9-7-12(17-20)10-15-8-6-14-16-11-19(3)18-14/h7,9,11,13,15H,4-6,8,10H2,1-3H3. The van der Waals surface area contributed by atoms with Gasteiger partial charge in [-0.05, 0) is 18.9 Å². The molecule has 0 saturated carbocycles. The van der Waals surface area contributed by atoms with E-state index in [1.807, 2.05) is 7.05 Å². The first-order valence-electron chi connectivity index (χ1n) is 7.32. The van der Waals surface area contributed by atoms with E-state index in [0.717, 1.165) is 43.9 Å². The van der Waals surface area contributed by atoms with Gasteiger partial charge in [0.1, 0.15) is 6.33 Å². The first-order valence-corrected chi connectivity index (χ1v) is 7.32. The lowest BCUT2D eigenvalue weighted by molar-refractivity contribution is 0.424. The third-order valence-electron chi connectivity index (χ3n) is 3.46. The number of hydrogen-bond donors (Lipinski definition) is 1. The van der Waals surface area contributed by atoms with Crippen molar-refractivity contribution < 1.29 is 0 Å². The van der Waals surface area contributed by atoms with Crippen LogP contribution in [-0.2, 0) is 20.0 Å². The molecule has 0 aliphatic heterocycles. The molecule has 0 aliphatic rings. The van der Waals surface area contributed by atoms with Crippen LogP contribution in [0.15, 0.2) is 18.6 Å². The van der Waals surface area contributed by atoms with Crippen LogP contribution in [-0.4, -0.2) is 31.1 Å². The van der Waals surface area contributed by atoms with Gasteiger partial charge in [0.25, 0.3) is 0 Å². The Kier molecular flexibility index (Phi) is 5.29. The van der Waals surface area contributed by atoms with Crippen molar-refractivity contribution in [2.45, 2.75) is 45.7 Å². The van der Waals surface area contributed by atoms with Gasteiger partial charge in [0, 0.05) is 32.8 Å². The van der Waals surface area contributed by atoms with Crippen molar-refractivity contribution in [2.75, 3.05) is 6.54 Å². The number of nitrogens with zero attached hydrogens (tertiary/aromatic N) is 5. The zero-order valence-corrected chi connectivity index (χ0v) is 12.6. The van der Waals surface area contributed by atoms with Crippen LogP contribution in [0.25, 0.3) is 0 Å². The van der Waals surface area contributed by atoms with Crippen molar-refractivity contribution >= 4 is 0 Å². The minimum absolute atomic E-state index is 0.515. The molecule has 2 aromatic rings. The molecule has 2 rings (SSSR count). The Labute approximate surface area is 120 Å². The van der Waals surface area contributed by atoms with Gasteiger partial charge in [0.15, 0.2) is 5.82 Å². The van der Waals surface area contributed by atoms with Gasteiger partial charge < -0.3 is 5.32 Å². The van der Waals surface area contributed by atoms with E-state index in [2.05, 4.69) is 51.3 Å². The Bertz CT molecular complexity index is 511. The number of aromatic nitrogens is 5. The van der Waals surface area contributed by atoms with E-state index in [0.29, 0.717) is 6.04 Å². The van der Waals surface area contributed by atoms with Gasteiger partial charge in [0.05, 0.1) is 11.7 Å². The zero-order valence-electron chi connectivity index (χ0n) is 12.6. The van der Waals surface area contributed by atoms with Gasteiger partial charge in [-0.25, -0.2) is 4.98 Å². The summed E-state index contributed by atoms with van der Waals surface area (Å²) < 4.78 is 3.81. The molecule has 110 valence electrons. The molecule has 20 heavy (non-hydrogen) atoms. The highest BCUT2D eigenvalue weighted by molar-refractivity contribution is 4.99. The van der Waals surface area contributed by atoms with E-state index in [1.165, 1.54) is 0 Å². The molecule has 2 aromatic heterocycles. The quantitative estimate of drug-likeness (QED) is 0.746. The Hall–Kier alpha value is -1.69. The molecule has 6 nitrogen and oxygen atoms in total. The minimum atomic E-state index is 0.515. The average Bonchev–Trinajstić information content (AvgIpc) is 3.06. The SMILES string of the molecule is CCC(CC)n1ccc(CNCCc2ncn(C)n2)n1.